The molecule has 3 rings (SSSR count). The average molecular weight is 350 g/mol. The Labute approximate surface area is 153 Å². The van der Waals surface area contributed by atoms with Crippen LogP contribution in [0.15, 0.2) is 36.4 Å². The first-order valence-corrected chi connectivity index (χ1v) is 8.38. The third kappa shape index (κ3) is 3.74. The maximum absolute atomic E-state index is 5.98. The predicted octanol–water partition coefficient (Wildman–Crippen LogP) is 4.42. The van der Waals surface area contributed by atoms with Gasteiger partial charge in [-0.1, -0.05) is 18.2 Å². The largest absolute Gasteiger partial charge is 0.493 e. The van der Waals surface area contributed by atoms with Crippen molar-refractivity contribution >= 4 is 6.08 Å². The Hall–Kier alpha value is -3.15. The number of rotatable bonds is 5. The number of hydrogen-bond donors (Lipinski definition) is 0. The normalized spacial score (nSPS) is 11.1. The summed E-state index contributed by atoms with van der Waals surface area (Å²) in [7, 11) is 1.62. The highest BCUT2D eigenvalue weighted by Gasteiger charge is 2.12. The molecule has 134 valence electrons. The van der Waals surface area contributed by atoms with Gasteiger partial charge in [0.25, 0.3) is 0 Å². The molecule has 0 bridgehead atoms. The minimum absolute atomic E-state index is 0.442. The molecule has 6 nitrogen and oxygen atoms in total. The van der Waals surface area contributed by atoms with Crippen LogP contribution in [-0.4, -0.2) is 26.9 Å². The van der Waals surface area contributed by atoms with Crippen molar-refractivity contribution in [2.45, 2.75) is 27.7 Å². The lowest BCUT2D eigenvalue weighted by Crippen LogP contribution is -2.05. The highest BCUT2D eigenvalue weighted by atomic mass is 16.5. The fraction of sp³-hybridized carbons (Fsp3) is 0.250. The first kappa shape index (κ1) is 17.7. The Balaban J connectivity index is 1.97. The third-order valence-corrected chi connectivity index (χ3v) is 3.79. The van der Waals surface area contributed by atoms with Crippen molar-refractivity contribution in [1.29, 1.82) is 0 Å². The summed E-state index contributed by atoms with van der Waals surface area (Å²) in [5, 5.41) is 4.47. The Bertz CT molecular complexity index is 960. The van der Waals surface area contributed by atoms with Gasteiger partial charge in [0.15, 0.2) is 17.3 Å². The van der Waals surface area contributed by atoms with E-state index >= 15 is 0 Å². The van der Waals surface area contributed by atoms with Crippen LogP contribution in [0.4, 0.5) is 0 Å². The number of methoxy groups -OCH3 is 1. The number of hydrogen-bond acceptors (Lipinski definition) is 5. The van der Waals surface area contributed by atoms with E-state index in [1.54, 1.807) is 17.9 Å². The molecule has 3 aromatic rings. The highest BCUT2D eigenvalue weighted by Crippen LogP contribution is 2.32. The van der Waals surface area contributed by atoms with E-state index < -0.39 is 0 Å². The zero-order chi connectivity index (χ0) is 18.7. The summed E-state index contributed by atoms with van der Waals surface area (Å²) in [4.78, 5) is 8.85. The lowest BCUT2D eigenvalue weighted by Gasteiger charge is -2.12. The van der Waals surface area contributed by atoms with Gasteiger partial charge in [0.2, 0.25) is 5.88 Å². The maximum atomic E-state index is 5.98. The fourth-order valence-electron chi connectivity index (χ4n) is 2.72. The van der Waals surface area contributed by atoms with E-state index in [1.165, 1.54) is 0 Å². The van der Waals surface area contributed by atoms with E-state index in [0.717, 1.165) is 17.0 Å². The molecule has 26 heavy (non-hydrogen) atoms. The van der Waals surface area contributed by atoms with Crippen molar-refractivity contribution in [2.75, 3.05) is 7.11 Å². The van der Waals surface area contributed by atoms with Crippen LogP contribution in [0.1, 0.15) is 29.7 Å². The zero-order valence-electron chi connectivity index (χ0n) is 15.6. The first-order chi connectivity index (χ1) is 12.5. The standard InChI is InChI=1S/C20H22N4O2/c1-6-7-16-8-9-17(18(11-16)25-5)26-20-12-19(21-15(4)22-20)24-14(3)10-13(2)23-24/h6-12H,1-5H3/b7-6-. The second-order valence-corrected chi connectivity index (χ2v) is 5.96. The molecule has 0 aliphatic rings. The molecule has 2 heterocycles. The smallest absolute Gasteiger partial charge is 0.224 e. The van der Waals surface area contributed by atoms with Gasteiger partial charge in [-0.25, -0.2) is 9.67 Å². The molecule has 0 radical (unpaired) electrons. The summed E-state index contributed by atoms with van der Waals surface area (Å²) < 4.78 is 13.2. The molecular formula is C20H22N4O2. The van der Waals surface area contributed by atoms with E-state index in [1.807, 2.05) is 64.1 Å². The van der Waals surface area contributed by atoms with Gasteiger partial charge >= 0.3 is 0 Å². The molecule has 0 amide bonds. The molecule has 6 heteroatoms. The van der Waals surface area contributed by atoms with Crippen LogP contribution in [0.5, 0.6) is 17.4 Å². The first-order valence-electron chi connectivity index (χ1n) is 8.38. The summed E-state index contributed by atoms with van der Waals surface area (Å²) in [6, 6.07) is 9.53. The minimum Gasteiger partial charge on any atom is -0.493 e. The van der Waals surface area contributed by atoms with Crippen molar-refractivity contribution in [3.05, 3.63) is 59.2 Å². The average Bonchev–Trinajstić information content (AvgIpc) is 2.94. The van der Waals surface area contributed by atoms with E-state index in [9.17, 15) is 0 Å². The monoisotopic (exact) mass is 350 g/mol. The third-order valence-electron chi connectivity index (χ3n) is 3.79. The maximum Gasteiger partial charge on any atom is 0.224 e. The van der Waals surface area contributed by atoms with Gasteiger partial charge in [0.05, 0.1) is 12.8 Å². The van der Waals surface area contributed by atoms with Gasteiger partial charge in [0, 0.05) is 11.8 Å². The molecular weight excluding hydrogens is 328 g/mol. The van der Waals surface area contributed by atoms with Crippen LogP contribution < -0.4 is 9.47 Å². The van der Waals surface area contributed by atoms with E-state index in [2.05, 4.69) is 15.1 Å². The Morgan fingerprint density at radius 3 is 2.46 bits per heavy atom. The topological polar surface area (TPSA) is 62.1 Å². The summed E-state index contributed by atoms with van der Waals surface area (Å²) >= 11 is 0. The van der Waals surface area contributed by atoms with Gasteiger partial charge in [-0.05, 0) is 51.5 Å². The van der Waals surface area contributed by atoms with Crippen molar-refractivity contribution in [3.8, 4) is 23.2 Å². The van der Waals surface area contributed by atoms with Gasteiger partial charge in [-0.3, -0.25) is 0 Å². The van der Waals surface area contributed by atoms with Crippen molar-refractivity contribution in [2.24, 2.45) is 0 Å². The summed E-state index contributed by atoms with van der Waals surface area (Å²) in [5.41, 5.74) is 2.97. The van der Waals surface area contributed by atoms with Crippen LogP contribution in [0.25, 0.3) is 11.9 Å². The molecule has 0 saturated heterocycles. The number of allylic oxidation sites excluding steroid dienone is 1. The van der Waals surface area contributed by atoms with Crippen LogP contribution in [0, 0.1) is 20.8 Å². The van der Waals surface area contributed by atoms with Gasteiger partial charge in [0.1, 0.15) is 5.82 Å². The summed E-state index contributed by atoms with van der Waals surface area (Å²) in [5.74, 6) is 2.96. The second-order valence-electron chi connectivity index (χ2n) is 5.96. The Morgan fingerprint density at radius 2 is 1.81 bits per heavy atom. The molecule has 0 aliphatic carbocycles. The Kier molecular flexibility index (Phi) is 5.02. The molecule has 0 saturated carbocycles. The number of benzene rings is 1. The van der Waals surface area contributed by atoms with Crippen LogP contribution in [0.2, 0.25) is 0 Å². The van der Waals surface area contributed by atoms with E-state index in [-0.39, 0.29) is 0 Å². The number of aryl methyl sites for hydroxylation is 3. The van der Waals surface area contributed by atoms with E-state index in [0.29, 0.717) is 29.0 Å². The molecule has 0 atom stereocenters. The molecule has 2 aromatic heterocycles. The number of nitrogens with zero attached hydrogens (tertiary/aromatic N) is 4. The van der Waals surface area contributed by atoms with Crippen LogP contribution in [0.3, 0.4) is 0 Å². The molecule has 0 fully saturated rings. The summed E-state index contributed by atoms with van der Waals surface area (Å²) in [6.45, 7) is 7.74. The van der Waals surface area contributed by atoms with Gasteiger partial charge in [-0.2, -0.15) is 10.1 Å². The van der Waals surface area contributed by atoms with E-state index in [4.69, 9.17) is 9.47 Å². The minimum atomic E-state index is 0.442. The number of aromatic nitrogens is 4. The van der Waals surface area contributed by atoms with Crippen molar-refractivity contribution in [1.82, 2.24) is 19.7 Å². The van der Waals surface area contributed by atoms with Crippen molar-refractivity contribution in [3.63, 3.8) is 0 Å². The molecule has 1 aromatic carbocycles. The quantitative estimate of drug-likeness (QED) is 0.681. The SMILES string of the molecule is C/C=C\c1ccc(Oc2cc(-n3nc(C)cc3C)nc(C)n2)c(OC)c1. The van der Waals surface area contributed by atoms with Crippen LogP contribution >= 0.6 is 0 Å². The zero-order valence-corrected chi connectivity index (χ0v) is 15.6. The highest BCUT2D eigenvalue weighted by molar-refractivity contribution is 5.56. The Morgan fingerprint density at radius 1 is 1.00 bits per heavy atom. The molecule has 0 spiro atoms. The number of ether oxygens (including phenoxy) is 2. The molecule has 0 aliphatic heterocycles. The lowest BCUT2D eigenvalue weighted by molar-refractivity contribution is 0.373. The predicted molar refractivity (Wildman–Crippen MR) is 101 cm³/mol. The molecule has 0 unspecified atom stereocenters. The lowest BCUT2D eigenvalue weighted by atomic mass is 10.2. The van der Waals surface area contributed by atoms with Crippen LogP contribution in [-0.2, 0) is 0 Å². The summed E-state index contributed by atoms with van der Waals surface area (Å²) in [6.07, 6.45) is 3.98. The fourth-order valence-corrected chi connectivity index (χ4v) is 2.72. The van der Waals surface area contributed by atoms with Gasteiger partial charge < -0.3 is 9.47 Å². The molecule has 0 N–H and O–H groups in total. The van der Waals surface area contributed by atoms with Crippen molar-refractivity contribution < 1.29 is 9.47 Å². The second kappa shape index (κ2) is 7.39. The van der Waals surface area contributed by atoms with Gasteiger partial charge in [-0.15, -0.1) is 0 Å².